The largest absolute Gasteiger partial charge is 0.492 e. The average molecular weight is 261 g/mol. The number of aryl methyl sites for hydroxylation is 1. The molecule has 0 saturated carbocycles. The van der Waals surface area contributed by atoms with E-state index in [0.29, 0.717) is 13.2 Å². The summed E-state index contributed by atoms with van der Waals surface area (Å²) in [5.74, 6) is 0.556. The number of likely N-dealkylation sites (N-methyl/N-ethyl adjacent to an activating group) is 1. The fraction of sp³-hybridized carbons (Fsp3) is 0.333. The Labute approximate surface area is 110 Å². The van der Waals surface area contributed by atoms with Gasteiger partial charge in [0.25, 0.3) is 11.7 Å². The summed E-state index contributed by atoms with van der Waals surface area (Å²) in [6.45, 7) is 2.85. The van der Waals surface area contributed by atoms with Crippen molar-refractivity contribution < 1.29 is 9.53 Å². The second-order valence-electron chi connectivity index (χ2n) is 4.13. The molecule has 0 bridgehead atoms. The number of hydrogen-bond acceptors (Lipinski definition) is 5. The van der Waals surface area contributed by atoms with Crippen LogP contribution in [0.3, 0.4) is 0 Å². The summed E-state index contributed by atoms with van der Waals surface area (Å²) < 4.78 is 5.57. The van der Waals surface area contributed by atoms with E-state index in [9.17, 15) is 4.79 Å². The number of H-pyrrole nitrogens is 1. The Morgan fingerprint density at radius 1 is 1.47 bits per heavy atom. The number of benzene rings is 1. The minimum Gasteiger partial charge on any atom is -0.492 e. The Bertz CT molecular complexity index is 541. The molecular formula is C12H15N5O2. The molecule has 0 aliphatic carbocycles. The number of aromatic nitrogens is 4. The second kappa shape index (κ2) is 5.94. The van der Waals surface area contributed by atoms with Gasteiger partial charge in [-0.25, -0.2) is 0 Å². The van der Waals surface area contributed by atoms with Crippen molar-refractivity contribution in [3.63, 3.8) is 0 Å². The lowest BCUT2D eigenvalue weighted by molar-refractivity contribution is 0.0762. The molecular weight excluding hydrogens is 246 g/mol. The van der Waals surface area contributed by atoms with Gasteiger partial charge in [0, 0.05) is 7.05 Å². The molecule has 0 atom stereocenters. The Morgan fingerprint density at radius 2 is 2.32 bits per heavy atom. The van der Waals surface area contributed by atoms with Crippen molar-refractivity contribution >= 4 is 5.91 Å². The molecule has 7 heteroatoms. The Hall–Kier alpha value is -2.44. The quantitative estimate of drug-likeness (QED) is 0.854. The maximum Gasteiger partial charge on any atom is 0.295 e. The van der Waals surface area contributed by atoms with Gasteiger partial charge in [-0.2, -0.15) is 5.21 Å². The predicted octanol–water partition coefficient (Wildman–Crippen LogP) is 0.659. The van der Waals surface area contributed by atoms with Gasteiger partial charge in [0.1, 0.15) is 12.4 Å². The molecule has 0 fully saturated rings. The highest BCUT2D eigenvalue weighted by Gasteiger charge is 2.15. The molecule has 0 aliphatic rings. The Balaban J connectivity index is 1.81. The van der Waals surface area contributed by atoms with Gasteiger partial charge in [0.15, 0.2) is 0 Å². The van der Waals surface area contributed by atoms with E-state index in [4.69, 9.17) is 4.74 Å². The van der Waals surface area contributed by atoms with Crippen LogP contribution in [-0.2, 0) is 0 Å². The van der Waals surface area contributed by atoms with Crippen LogP contribution in [0.15, 0.2) is 24.3 Å². The molecule has 1 aromatic heterocycles. The predicted molar refractivity (Wildman–Crippen MR) is 67.8 cm³/mol. The SMILES string of the molecule is Cc1cccc(OCCN(C)C(=O)c2nn[nH]n2)c1. The molecule has 1 amide bonds. The monoisotopic (exact) mass is 261 g/mol. The fourth-order valence-corrected chi connectivity index (χ4v) is 1.53. The fourth-order valence-electron chi connectivity index (χ4n) is 1.53. The number of nitrogens with one attached hydrogen (secondary N) is 1. The van der Waals surface area contributed by atoms with Crippen LogP contribution in [0, 0.1) is 6.92 Å². The average Bonchev–Trinajstić information content (AvgIpc) is 2.91. The lowest BCUT2D eigenvalue weighted by atomic mass is 10.2. The highest BCUT2D eigenvalue weighted by atomic mass is 16.5. The number of ether oxygens (including phenoxy) is 1. The van der Waals surface area contributed by atoms with Gasteiger partial charge in [-0.3, -0.25) is 4.79 Å². The number of aromatic amines is 1. The van der Waals surface area contributed by atoms with Crippen LogP contribution < -0.4 is 4.74 Å². The van der Waals surface area contributed by atoms with Crippen molar-refractivity contribution in [3.8, 4) is 5.75 Å². The van der Waals surface area contributed by atoms with Crippen LogP contribution in [0.25, 0.3) is 0 Å². The van der Waals surface area contributed by atoms with Gasteiger partial charge in [0.05, 0.1) is 6.54 Å². The molecule has 7 nitrogen and oxygen atoms in total. The third-order valence-corrected chi connectivity index (χ3v) is 2.57. The number of carbonyl (C=O) groups is 1. The molecule has 0 unspecified atom stereocenters. The van der Waals surface area contributed by atoms with Crippen LogP contribution >= 0.6 is 0 Å². The summed E-state index contributed by atoms with van der Waals surface area (Å²) in [4.78, 5) is 13.3. The van der Waals surface area contributed by atoms with Gasteiger partial charge in [-0.15, -0.1) is 10.2 Å². The smallest absolute Gasteiger partial charge is 0.295 e. The number of tetrazole rings is 1. The zero-order chi connectivity index (χ0) is 13.7. The Morgan fingerprint density at radius 3 is 3.00 bits per heavy atom. The van der Waals surface area contributed by atoms with E-state index >= 15 is 0 Å². The van der Waals surface area contributed by atoms with Crippen LogP contribution in [0.4, 0.5) is 0 Å². The van der Waals surface area contributed by atoms with E-state index in [0.717, 1.165) is 11.3 Å². The van der Waals surface area contributed by atoms with Crippen molar-refractivity contribution in [1.82, 2.24) is 25.5 Å². The summed E-state index contributed by atoms with van der Waals surface area (Å²) in [5, 5.41) is 12.9. The first-order valence-electron chi connectivity index (χ1n) is 5.85. The van der Waals surface area contributed by atoms with E-state index in [1.54, 1.807) is 7.05 Å². The molecule has 1 N–H and O–H groups in total. The molecule has 0 saturated heterocycles. The van der Waals surface area contributed by atoms with Crippen LogP contribution in [0.1, 0.15) is 16.2 Å². The van der Waals surface area contributed by atoms with Gasteiger partial charge in [0.2, 0.25) is 0 Å². The topological polar surface area (TPSA) is 84.0 Å². The maximum atomic E-state index is 11.8. The van der Waals surface area contributed by atoms with E-state index in [1.165, 1.54) is 4.90 Å². The van der Waals surface area contributed by atoms with E-state index in [2.05, 4.69) is 20.6 Å². The third kappa shape index (κ3) is 3.51. The van der Waals surface area contributed by atoms with Crippen LogP contribution in [0.5, 0.6) is 5.75 Å². The van der Waals surface area contributed by atoms with Gasteiger partial charge in [-0.05, 0) is 29.8 Å². The lowest BCUT2D eigenvalue weighted by Crippen LogP contribution is -2.31. The third-order valence-electron chi connectivity index (χ3n) is 2.57. The molecule has 2 aromatic rings. The number of amides is 1. The van der Waals surface area contributed by atoms with Gasteiger partial charge >= 0.3 is 0 Å². The first-order chi connectivity index (χ1) is 9.16. The first kappa shape index (κ1) is 13.0. The molecule has 100 valence electrons. The van der Waals surface area contributed by atoms with Crippen molar-refractivity contribution in [2.75, 3.05) is 20.2 Å². The Kier molecular flexibility index (Phi) is 4.07. The summed E-state index contributed by atoms with van der Waals surface area (Å²) in [6, 6.07) is 7.76. The molecule has 1 aromatic carbocycles. The van der Waals surface area contributed by atoms with Crippen molar-refractivity contribution in [3.05, 3.63) is 35.7 Å². The summed E-state index contributed by atoms with van der Waals surface area (Å²) >= 11 is 0. The van der Waals surface area contributed by atoms with Crippen molar-refractivity contribution in [1.29, 1.82) is 0 Å². The van der Waals surface area contributed by atoms with Crippen molar-refractivity contribution in [2.24, 2.45) is 0 Å². The standard InChI is InChI=1S/C12H15N5O2/c1-9-4-3-5-10(8-9)19-7-6-17(2)12(18)11-13-15-16-14-11/h3-5,8H,6-7H2,1-2H3,(H,13,14,15,16). The van der Waals surface area contributed by atoms with E-state index in [-0.39, 0.29) is 11.7 Å². The van der Waals surface area contributed by atoms with Crippen molar-refractivity contribution in [2.45, 2.75) is 6.92 Å². The van der Waals surface area contributed by atoms with Gasteiger partial charge < -0.3 is 9.64 Å². The number of nitrogens with zero attached hydrogens (tertiary/aromatic N) is 4. The highest BCUT2D eigenvalue weighted by Crippen LogP contribution is 2.12. The van der Waals surface area contributed by atoms with Crippen LogP contribution in [-0.4, -0.2) is 51.6 Å². The zero-order valence-electron chi connectivity index (χ0n) is 10.8. The maximum absolute atomic E-state index is 11.8. The van der Waals surface area contributed by atoms with E-state index in [1.807, 2.05) is 31.2 Å². The minimum atomic E-state index is -0.290. The number of hydrogen-bond donors (Lipinski definition) is 1. The normalized spacial score (nSPS) is 10.2. The summed E-state index contributed by atoms with van der Waals surface area (Å²) in [7, 11) is 1.66. The molecule has 0 radical (unpaired) electrons. The van der Waals surface area contributed by atoms with E-state index < -0.39 is 0 Å². The highest BCUT2D eigenvalue weighted by molar-refractivity contribution is 5.89. The molecule has 19 heavy (non-hydrogen) atoms. The first-order valence-corrected chi connectivity index (χ1v) is 5.85. The molecule has 0 spiro atoms. The summed E-state index contributed by atoms with van der Waals surface area (Å²) in [5.41, 5.74) is 1.13. The minimum absolute atomic E-state index is 0.0538. The summed E-state index contributed by atoms with van der Waals surface area (Å²) in [6.07, 6.45) is 0. The van der Waals surface area contributed by atoms with Gasteiger partial charge in [-0.1, -0.05) is 12.1 Å². The second-order valence-corrected chi connectivity index (χ2v) is 4.13. The molecule has 1 heterocycles. The number of carbonyl (C=O) groups excluding carboxylic acids is 1. The lowest BCUT2D eigenvalue weighted by Gasteiger charge is -2.15. The zero-order valence-corrected chi connectivity index (χ0v) is 10.8. The molecule has 0 aliphatic heterocycles. The van der Waals surface area contributed by atoms with Crippen LogP contribution in [0.2, 0.25) is 0 Å². The molecule has 2 rings (SSSR count). The number of rotatable bonds is 5.